The van der Waals surface area contributed by atoms with Crippen molar-refractivity contribution >= 4 is 23.7 Å². The van der Waals surface area contributed by atoms with E-state index in [0.717, 1.165) is 17.7 Å². The first-order valence-electron chi connectivity index (χ1n) is 12.2. The molecule has 1 unspecified atom stereocenters. The normalized spacial score (nSPS) is 15.3. The predicted molar refractivity (Wildman–Crippen MR) is 144 cm³/mol. The molecule has 1 aliphatic rings. The van der Waals surface area contributed by atoms with E-state index in [1.54, 1.807) is 38.5 Å². The zero-order valence-corrected chi connectivity index (χ0v) is 21.8. The summed E-state index contributed by atoms with van der Waals surface area (Å²) in [5, 5.41) is 14.5. The molecular formula is C29H28N4O6. The van der Waals surface area contributed by atoms with Crippen LogP contribution in [-0.4, -0.2) is 40.1 Å². The van der Waals surface area contributed by atoms with Crippen LogP contribution in [0.15, 0.2) is 95.9 Å². The van der Waals surface area contributed by atoms with Crippen LogP contribution >= 0.6 is 0 Å². The van der Waals surface area contributed by atoms with Crippen LogP contribution in [0.5, 0.6) is 0 Å². The third kappa shape index (κ3) is 6.30. The monoisotopic (exact) mass is 528 g/mol. The lowest BCUT2D eigenvalue weighted by Crippen LogP contribution is -2.32. The number of benzene rings is 2. The van der Waals surface area contributed by atoms with Crippen LogP contribution in [0.3, 0.4) is 0 Å². The van der Waals surface area contributed by atoms with Crippen molar-refractivity contribution in [3.63, 3.8) is 0 Å². The van der Waals surface area contributed by atoms with E-state index in [2.05, 4.69) is 10.3 Å². The summed E-state index contributed by atoms with van der Waals surface area (Å²) in [5.41, 5.74) is 3.65. The van der Waals surface area contributed by atoms with Crippen LogP contribution in [0.2, 0.25) is 0 Å². The number of nitrogens with one attached hydrogen (secondary N) is 1. The van der Waals surface area contributed by atoms with Crippen molar-refractivity contribution < 1.29 is 24.0 Å². The fraction of sp³-hybridized carbons (Fsp3) is 0.207. The molecule has 1 N–H and O–H groups in total. The van der Waals surface area contributed by atoms with Crippen LogP contribution in [0.4, 0.5) is 5.69 Å². The van der Waals surface area contributed by atoms with Gasteiger partial charge in [-0.05, 0) is 36.6 Å². The van der Waals surface area contributed by atoms with E-state index in [1.807, 2.05) is 41.1 Å². The first kappa shape index (κ1) is 27.1. The van der Waals surface area contributed by atoms with Gasteiger partial charge in [0.05, 0.1) is 35.4 Å². The Labute approximate surface area is 225 Å². The summed E-state index contributed by atoms with van der Waals surface area (Å²) >= 11 is 0. The first-order chi connectivity index (χ1) is 18.8. The minimum absolute atomic E-state index is 0.00961. The molecule has 0 aliphatic carbocycles. The number of ether oxygens (including phenoxy) is 2. The number of carbonyl (C=O) groups excluding carboxylic acids is 2. The summed E-state index contributed by atoms with van der Waals surface area (Å²) in [5.74, 6) is -2.20. The number of imidazole rings is 1. The van der Waals surface area contributed by atoms with Gasteiger partial charge in [0.1, 0.15) is 6.61 Å². The Kier molecular flexibility index (Phi) is 8.35. The van der Waals surface area contributed by atoms with Crippen LogP contribution in [0.25, 0.3) is 6.08 Å². The first-order valence-corrected chi connectivity index (χ1v) is 12.2. The summed E-state index contributed by atoms with van der Waals surface area (Å²) in [6.07, 6.45) is 8.96. The number of carbonyl (C=O) groups is 2. The maximum Gasteiger partial charge on any atom is 0.337 e. The Hall–Kier alpha value is -4.99. The largest absolute Gasteiger partial charge is 0.466 e. The fourth-order valence-electron chi connectivity index (χ4n) is 4.51. The molecule has 0 fully saturated rings. The third-order valence-electron chi connectivity index (χ3n) is 6.32. The quantitative estimate of drug-likeness (QED) is 0.244. The fourth-order valence-corrected chi connectivity index (χ4v) is 4.51. The lowest BCUT2D eigenvalue weighted by Gasteiger charge is -2.30. The number of methoxy groups -OCH3 is 1. The number of nitrogens with zero attached hydrogens (tertiary/aromatic N) is 3. The van der Waals surface area contributed by atoms with Gasteiger partial charge in [-0.15, -0.1) is 0 Å². The van der Waals surface area contributed by atoms with E-state index in [0.29, 0.717) is 17.0 Å². The standard InChI is InChI=1S/C29H28N4O6/c1-19-25(28(34)38-3)27(23-7-4-8-24(16-23)33(36)37)26(20(2)31-19)29(35)39-15-5-6-21-9-11-22(12-10-21)17-32-14-13-30-18-32/h4-14,16,18,27,31H,15,17H2,1-3H3/b6-5+. The highest BCUT2D eigenvalue weighted by atomic mass is 16.6. The van der Waals surface area contributed by atoms with Gasteiger partial charge in [0.15, 0.2) is 0 Å². The maximum absolute atomic E-state index is 13.3. The zero-order valence-electron chi connectivity index (χ0n) is 21.8. The van der Waals surface area contributed by atoms with Crippen molar-refractivity contribution in [3.05, 3.63) is 123 Å². The number of hydrogen-bond donors (Lipinski definition) is 1. The topological polar surface area (TPSA) is 126 Å². The molecule has 200 valence electrons. The molecule has 0 saturated heterocycles. The number of allylic oxidation sites excluding steroid dienone is 2. The Morgan fingerprint density at radius 1 is 1.10 bits per heavy atom. The minimum atomic E-state index is -0.905. The third-order valence-corrected chi connectivity index (χ3v) is 6.32. The van der Waals surface area contributed by atoms with E-state index < -0.39 is 22.8 Å². The predicted octanol–water partition coefficient (Wildman–Crippen LogP) is 4.50. The van der Waals surface area contributed by atoms with E-state index in [4.69, 9.17) is 9.47 Å². The SMILES string of the molecule is COC(=O)C1=C(C)NC(C)=C(C(=O)OC/C=C/c2ccc(Cn3ccnc3)cc2)C1c1cccc([N+](=O)[O-])c1. The minimum Gasteiger partial charge on any atom is -0.466 e. The van der Waals surface area contributed by atoms with Crippen molar-refractivity contribution in [2.75, 3.05) is 13.7 Å². The highest BCUT2D eigenvalue weighted by Gasteiger charge is 2.38. The molecule has 39 heavy (non-hydrogen) atoms. The van der Waals surface area contributed by atoms with Crippen molar-refractivity contribution in [2.45, 2.75) is 26.3 Å². The molecule has 2 heterocycles. The second-order valence-electron chi connectivity index (χ2n) is 8.96. The number of nitro benzene ring substituents is 1. The van der Waals surface area contributed by atoms with Crippen LogP contribution in [0, 0.1) is 10.1 Å². The van der Waals surface area contributed by atoms with E-state index >= 15 is 0 Å². The molecule has 0 bridgehead atoms. The van der Waals surface area contributed by atoms with Crippen molar-refractivity contribution in [1.29, 1.82) is 0 Å². The smallest absolute Gasteiger partial charge is 0.337 e. The summed E-state index contributed by atoms with van der Waals surface area (Å²) in [7, 11) is 1.24. The number of rotatable bonds is 9. The van der Waals surface area contributed by atoms with Gasteiger partial charge in [-0.2, -0.15) is 0 Å². The van der Waals surface area contributed by atoms with Crippen molar-refractivity contribution in [1.82, 2.24) is 14.9 Å². The van der Waals surface area contributed by atoms with Gasteiger partial charge in [-0.3, -0.25) is 10.1 Å². The van der Waals surface area contributed by atoms with Gasteiger partial charge < -0.3 is 19.4 Å². The molecule has 1 aliphatic heterocycles. The van der Waals surface area contributed by atoms with E-state index in [9.17, 15) is 19.7 Å². The molecule has 2 aromatic carbocycles. The molecular weight excluding hydrogens is 500 g/mol. The highest BCUT2D eigenvalue weighted by molar-refractivity contribution is 6.00. The molecule has 0 radical (unpaired) electrons. The summed E-state index contributed by atoms with van der Waals surface area (Å²) in [6, 6.07) is 13.8. The highest BCUT2D eigenvalue weighted by Crippen LogP contribution is 2.40. The van der Waals surface area contributed by atoms with Crippen LogP contribution in [0.1, 0.15) is 36.5 Å². The number of hydrogen-bond acceptors (Lipinski definition) is 8. The van der Waals surface area contributed by atoms with Gasteiger partial charge >= 0.3 is 11.9 Å². The lowest BCUT2D eigenvalue weighted by atomic mass is 9.80. The van der Waals surface area contributed by atoms with E-state index in [1.165, 1.54) is 25.3 Å². The average molecular weight is 529 g/mol. The molecule has 0 amide bonds. The van der Waals surface area contributed by atoms with Gasteiger partial charge in [0, 0.05) is 42.5 Å². The maximum atomic E-state index is 13.3. The summed E-state index contributed by atoms with van der Waals surface area (Å²) < 4.78 is 12.5. The number of dihydropyridines is 1. The van der Waals surface area contributed by atoms with Gasteiger partial charge in [0.2, 0.25) is 0 Å². The average Bonchev–Trinajstić information content (AvgIpc) is 3.44. The van der Waals surface area contributed by atoms with Crippen molar-refractivity contribution in [3.8, 4) is 0 Å². The van der Waals surface area contributed by atoms with Gasteiger partial charge in [-0.1, -0.05) is 42.5 Å². The molecule has 0 spiro atoms. The molecule has 3 aromatic rings. The van der Waals surface area contributed by atoms with Gasteiger partial charge in [-0.25, -0.2) is 14.6 Å². The zero-order chi connectivity index (χ0) is 27.9. The molecule has 0 saturated carbocycles. The van der Waals surface area contributed by atoms with Gasteiger partial charge in [0.25, 0.3) is 5.69 Å². The Balaban J connectivity index is 1.51. The molecule has 10 nitrogen and oxygen atoms in total. The molecule has 1 aromatic heterocycles. The van der Waals surface area contributed by atoms with Crippen LogP contribution < -0.4 is 5.32 Å². The Morgan fingerprint density at radius 3 is 2.46 bits per heavy atom. The van der Waals surface area contributed by atoms with Crippen LogP contribution in [-0.2, 0) is 25.6 Å². The molecule has 1 atom stereocenters. The number of aromatic nitrogens is 2. The van der Waals surface area contributed by atoms with E-state index in [-0.39, 0.29) is 23.4 Å². The summed E-state index contributed by atoms with van der Waals surface area (Å²) in [6.45, 7) is 4.09. The summed E-state index contributed by atoms with van der Waals surface area (Å²) in [4.78, 5) is 41.0. The lowest BCUT2D eigenvalue weighted by molar-refractivity contribution is -0.384. The van der Waals surface area contributed by atoms with Crippen molar-refractivity contribution in [2.24, 2.45) is 0 Å². The molecule has 10 heteroatoms. The number of nitro groups is 1. The number of non-ortho nitro benzene ring substituents is 1. The second kappa shape index (κ2) is 12.0. The second-order valence-corrected chi connectivity index (χ2v) is 8.96. The molecule has 4 rings (SSSR count). The Bertz CT molecular complexity index is 1470. The number of esters is 2. The Morgan fingerprint density at radius 2 is 1.82 bits per heavy atom.